The number of nitrogen functional groups attached to an aromatic ring is 1. The summed E-state index contributed by atoms with van der Waals surface area (Å²) in [5, 5.41) is 12.1. The van der Waals surface area contributed by atoms with Gasteiger partial charge in [-0.3, -0.25) is 14.5 Å². The molecule has 4 aromatic rings. The Bertz CT molecular complexity index is 1530. The van der Waals surface area contributed by atoms with Crippen LogP contribution >= 0.6 is 11.5 Å². The molecule has 4 heterocycles. The predicted octanol–water partition coefficient (Wildman–Crippen LogP) is 2.17. The van der Waals surface area contributed by atoms with Gasteiger partial charge in [0.15, 0.2) is 11.7 Å². The molecule has 1 fully saturated rings. The Balaban J connectivity index is 1.53. The molecule has 5 rings (SSSR count). The first-order chi connectivity index (χ1) is 16.5. The number of nitrogens with one attached hydrogen (secondary N) is 1. The number of H-pyrrole nitrogens is 1. The number of benzene rings is 1. The zero-order valence-corrected chi connectivity index (χ0v) is 18.8. The fourth-order valence-corrected chi connectivity index (χ4v) is 4.81. The highest BCUT2D eigenvalue weighted by atomic mass is 32.1. The Kier molecular flexibility index (Phi) is 5.27. The number of halogens is 3. The average molecular weight is 506 g/mol. The molecule has 0 radical (unpaired) electrons. The lowest BCUT2D eigenvalue weighted by Crippen LogP contribution is -2.57. The van der Waals surface area contributed by atoms with Gasteiger partial charge in [-0.25, -0.2) is 4.98 Å². The molecule has 0 saturated carbocycles. The minimum absolute atomic E-state index is 0.0772. The van der Waals surface area contributed by atoms with Gasteiger partial charge in [0, 0.05) is 5.39 Å². The van der Waals surface area contributed by atoms with Gasteiger partial charge in [0.05, 0.1) is 28.8 Å². The molecule has 4 N–H and O–H groups in total. The summed E-state index contributed by atoms with van der Waals surface area (Å²) >= 11 is 1.03. The number of anilines is 2. The number of aromatic amines is 1. The summed E-state index contributed by atoms with van der Waals surface area (Å²) in [6, 6.07) is 6.42. The van der Waals surface area contributed by atoms with Gasteiger partial charge in [-0.1, -0.05) is 6.07 Å². The van der Waals surface area contributed by atoms with E-state index in [2.05, 4.69) is 19.3 Å². The molecule has 182 valence electrons. The molecule has 3 aromatic heterocycles. The smallest absolute Gasteiger partial charge is 0.382 e. The van der Waals surface area contributed by atoms with Crippen molar-refractivity contribution >= 4 is 50.1 Å². The number of nitrogens with two attached hydrogens (primary N) is 1. The summed E-state index contributed by atoms with van der Waals surface area (Å²) in [7, 11) is 0. The topological polar surface area (TPSA) is 147 Å². The van der Waals surface area contributed by atoms with Crippen LogP contribution in [0.15, 0.2) is 35.1 Å². The van der Waals surface area contributed by atoms with E-state index >= 15 is 0 Å². The number of aromatic nitrogens is 4. The number of rotatable bonds is 3. The van der Waals surface area contributed by atoms with Gasteiger partial charge >= 0.3 is 6.18 Å². The molecule has 35 heavy (non-hydrogen) atoms. The molecule has 1 saturated heterocycles. The lowest BCUT2D eigenvalue weighted by Gasteiger charge is -2.38. The van der Waals surface area contributed by atoms with E-state index in [-0.39, 0.29) is 36.0 Å². The number of alkyl halides is 3. The van der Waals surface area contributed by atoms with Crippen LogP contribution in [0, 0.1) is 0 Å². The Morgan fingerprint density at radius 3 is 2.74 bits per heavy atom. The second kappa shape index (κ2) is 7.96. The van der Waals surface area contributed by atoms with Crippen LogP contribution in [-0.2, 0) is 21.3 Å². The van der Waals surface area contributed by atoms with Crippen molar-refractivity contribution in [2.24, 2.45) is 0 Å². The van der Waals surface area contributed by atoms with Crippen LogP contribution in [0.25, 0.3) is 21.0 Å². The number of carbonyl (C=O) groups excluding carboxylic acids is 1. The molecule has 0 spiro atoms. The number of nitrogens with zero attached hydrogens (tertiary/aromatic N) is 4. The molecular formula is C21H17F3N6O4S. The first kappa shape index (κ1) is 23.1. The number of pyridine rings is 1. The molecule has 1 unspecified atom stereocenters. The van der Waals surface area contributed by atoms with Crippen molar-refractivity contribution in [3.63, 3.8) is 0 Å². The number of amides is 1. The van der Waals surface area contributed by atoms with Crippen LogP contribution in [0.4, 0.5) is 24.8 Å². The van der Waals surface area contributed by atoms with Crippen LogP contribution in [0.1, 0.15) is 18.4 Å². The van der Waals surface area contributed by atoms with Crippen LogP contribution in [0.5, 0.6) is 0 Å². The number of carbonyl (C=O) groups is 1. The van der Waals surface area contributed by atoms with Gasteiger partial charge in [-0.05, 0) is 42.7 Å². The summed E-state index contributed by atoms with van der Waals surface area (Å²) in [6.45, 7) is 1.06. The van der Waals surface area contributed by atoms with Gasteiger partial charge in [0.2, 0.25) is 0 Å². The maximum Gasteiger partial charge on any atom is 0.433 e. The van der Waals surface area contributed by atoms with E-state index in [0.717, 1.165) is 28.6 Å². The fraction of sp³-hybridized carbons (Fsp3) is 0.286. The summed E-state index contributed by atoms with van der Waals surface area (Å²) in [5.41, 5.74) is 2.18. The molecule has 1 aromatic carbocycles. The third-order valence-corrected chi connectivity index (χ3v) is 6.62. The average Bonchev–Trinajstić information content (AvgIpc) is 3.19. The zero-order valence-electron chi connectivity index (χ0n) is 18.0. The number of fused-ring (bicyclic) bond motifs is 3. The first-order valence-electron chi connectivity index (χ1n) is 10.3. The van der Waals surface area contributed by atoms with Gasteiger partial charge in [-0.2, -0.15) is 22.5 Å². The maximum absolute atomic E-state index is 13.2. The minimum Gasteiger partial charge on any atom is -0.382 e. The Morgan fingerprint density at radius 2 is 2.00 bits per heavy atom. The first-order valence-corrected chi connectivity index (χ1v) is 11.0. The van der Waals surface area contributed by atoms with Crippen molar-refractivity contribution in [2.45, 2.75) is 24.8 Å². The minimum atomic E-state index is -4.70. The SMILES string of the molecule is C[C@](O)(c1nc(=O)c2c(ccc3c(N)nsc32)[nH]1)C1OCCN(c2cccc(C(F)(F)F)n2)C1=O. The van der Waals surface area contributed by atoms with Crippen LogP contribution < -0.4 is 16.2 Å². The van der Waals surface area contributed by atoms with Crippen molar-refractivity contribution in [2.75, 3.05) is 23.8 Å². The Morgan fingerprint density at radius 1 is 1.23 bits per heavy atom. The number of morpholine rings is 1. The van der Waals surface area contributed by atoms with E-state index in [1.165, 1.54) is 13.0 Å². The van der Waals surface area contributed by atoms with Crippen molar-refractivity contribution in [3.05, 3.63) is 52.2 Å². The third-order valence-electron chi connectivity index (χ3n) is 5.73. The summed E-state index contributed by atoms with van der Waals surface area (Å²) in [4.78, 5) is 37.5. The molecular weight excluding hydrogens is 489 g/mol. The third kappa shape index (κ3) is 3.79. The second-order valence-corrected chi connectivity index (χ2v) is 8.86. The summed E-state index contributed by atoms with van der Waals surface area (Å²) in [6.07, 6.45) is -6.27. The quantitative estimate of drug-likeness (QED) is 0.383. The van der Waals surface area contributed by atoms with Crippen molar-refractivity contribution in [3.8, 4) is 0 Å². The molecule has 0 bridgehead atoms. The molecule has 10 nitrogen and oxygen atoms in total. The van der Waals surface area contributed by atoms with Crippen LogP contribution in [0.2, 0.25) is 0 Å². The standard InChI is InChI=1S/C21H17F3N6O4S/c1-20(33,19-26-10-6-5-9-14(35-29-16(9)25)13(10)17(31)28-19)15-18(32)30(7-8-34-15)12-4-2-3-11(27-12)21(22,23)24/h2-6,15,33H,7-8H2,1H3,(H2,25,29)(H,26,28,31)/t15?,20-/m1/s1. The van der Waals surface area contributed by atoms with E-state index in [0.29, 0.717) is 15.6 Å². The highest BCUT2D eigenvalue weighted by Gasteiger charge is 2.47. The van der Waals surface area contributed by atoms with E-state index < -0.39 is 35.0 Å². The van der Waals surface area contributed by atoms with Crippen molar-refractivity contribution < 1.29 is 27.8 Å². The number of ether oxygens (including phenoxy) is 1. The largest absolute Gasteiger partial charge is 0.433 e. The molecule has 1 amide bonds. The highest BCUT2D eigenvalue weighted by Crippen LogP contribution is 2.34. The molecule has 0 aliphatic carbocycles. The predicted molar refractivity (Wildman–Crippen MR) is 121 cm³/mol. The molecule has 1 aliphatic heterocycles. The Hall–Kier alpha value is -3.62. The van der Waals surface area contributed by atoms with E-state index in [4.69, 9.17) is 10.5 Å². The fourth-order valence-electron chi connectivity index (χ4n) is 3.96. The van der Waals surface area contributed by atoms with E-state index in [9.17, 15) is 27.9 Å². The van der Waals surface area contributed by atoms with Crippen LogP contribution in [0.3, 0.4) is 0 Å². The van der Waals surface area contributed by atoms with Gasteiger partial charge in [0.1, 0.15) is 23.2 Å². The Labute approximate surface area is 198 Å². The van der Waals surface area contributed by atoms with Gasteiger partial charge in [0.25, 0.3) is 11.5 Å². The van der Waals surface area contributed by atoms with Crippen molar-refractivity contribution in [1.29, 1.82) is 0 Å². The lowest BCUT2D eigenvalue weighted by atomic mass is 9.95. The zero-order chi connectivity index (χ0) is 25.1. The number of aliphatic hydroxyl groups is 1. The summed E-state index contributed by atoms with van der Waals surface area (Å²) < 4.78 is 49.4. The number of hydrogen-bond donors (Lipinski definition) is 3. The van der Waals surface area contributed by atoms with E-state index in [1.54, 1.807) is 12.1 Å². The van der Waals surface area contributed by atoms with E-state index in [1.807, 2.05) is 0 Å². The second-order valence-electron chi connectivity index (χ2n) is 8.09. The molecule has 1 aliphatic rings. The number of hydrogen-bond acceptors (Lipinski definition) is 9. The molecule has 2 atom stereocenters. The van der Waals surface area contributed by atoms with Crippen LogP contribution in [-0.4, -0.2) is 49.6 Å². The van der Waals surface area contributed by atoms with Gasteiger partial charge in [-0.15, -0.1) is 0 Å². The monoisotopic (exact) mass is 506 g/mol. The molecule has 14 heteroatoms. The highest BCUT2D eigenvalue weighted by molar-refractivity contribution is 7.14. The summed E-state index contributed by atoms with van der Waals surface area (Å²) in [5.74, 6) is -1.04. The lowest BCUT2D eigenvalue weighted by molar-refractivity contribution is -0.158. The normalized spacial score (nSPS) is 18.8. The van der Waals surface area contributed by atoms with Gasteiger partial charge < -0.3 is 20.6 Å². The van der Waals surface area contributed by atoms with Crippen molar-refractivity contribution in [1.82, 2.24) is 19.3 Å². The maximum atomic E-state index is 13.2.